The van der Waals surface area contributed by atoms with Crippen LogP contribution in [0.4, 0.5) is 9.52 Å². The molecular weight excluding hydrogens is 403 g/mol. The van der Waals surface area contributed by atoms with Gasteiger partial charge >= 0.3 is 0 Å². The van der Waals surface area contributed by atoms with Gasteiger partial charge in [0.25, 0.3) is 5.91 Å². The summed E-state index contributed by atoms with van der Waals surface area (Å²) in [5, 5.41) is 1.11. The molecule has 1 fully saturated rings. The van der Waals surface area contributed by atoms with Crippen LogP contribution in [0, 0.1) is 5.82 Å². The molecule has 1 unspecified atom stereocenters. The van der Waals surface area contributed by atoms with Gasteiger partial charge in [-0.2, -0.15) is 0 Å². The molecule has 0 spiro atoms. The lowest BCUT2D eigenvalue weighted by atomic mass is 10.2. The zero-order chi connectivity index (χ0) is 19.5. The number of halogens is 2. The number of thiazole rings is 1. The van der Waals surface area contributed by atoms with E-state index in [1.54, 1.807) is 35.2 Å². The number of nitrogens with zero attached hydrogens (tertiary/aromatic N) is 2. The number of benzene rings is 2. The molecule has 1 saturated heterocycles. The van der Waals surface area contributed by atoms with Crippen molar-refractivity contribution in [3.05, 3.63) is 53.3 Å². The lowest BCUT2D eigenvalue weighted by molar-refractivity contribution is -0.120. The minimum atomic E-state index is -0.328. The number of carbonyl (C=O) groups is 1. The number of amides is 1. The smallest absolute Gasteiger partial charge is 0.266 e. The molecule has 3 aromatic rings. The van der Waals surface area contributed by atoms with Crippen molar-refractivity contribution >= 4 is 44.2 Å². The first kappa shape index (κ1) is 19.1. The topological polar surface area (TPSA) is 51.7 Å². The van der Waals surface area contributed by atoms with Gasteiger partial charge in [-0.3, -0.25) is 9.69 Å². The normalized spacial score (nSPS) is 16.4. The van der Waals surface area contributed by atoms with E-state index in [-0.39, 0.29) is 24.4 Å². The van der Waals surface area contributed by atoms with Gasteiger partial charge in [-0.1, -0.05) is 22.9 Å². The van der Waals surface area contributed by atoms with E-state index in [4.69, 9.17) is 21.1 Å². The second-order valence-corrected chi connectivity index (χ2v) is 7.94. The predicted molar refractivity (Wildman–Crippen MR) is 108 cm³/mol. The van der Waals surface area contributed by atoms with Crippen LogP contribution in [0.2, 0.25) is 5.02 Å². The molecule has 5 nitrogen and oxygen atoms in total. The summed E-state index contributed by atoms with van der Waals surface area (Å²) in [5.41, 5.74) is 0.658. The molecule has 2 heterocycles. The van der Waals surface area contributed by atoms with Crippen molar-refractivity contribution in [2.45, 2.75) is 18.9 Å². The maximum absolute atomic E-state index is 13.5. The lowest BCUT2D eigenvalue weighted by Gasteiger charge is -2.23. The lowest BCUT2D eigenvalue weighted by Crippen LogP contribution is -2.40. The summed E-state index contributed by atoms with van der Waals surface area (Å²) in [7, 11) is 0. The van der Waals surface area contributed by atoms with Gasteiger partial charge in [0.1, 0.15) is 11.6 Å². The molecule has 1 amide bonds. The van der Waals surface area contributed by atoms with Crippen molar-refractivity contribution in [3.63, 3.8) is 0 Å². The third-order valence-electron chi connectivity index (χ3n) is 4.46. The monoisotopic (exact) mass is 420 g/mol. The summed E-state index contributed by atoms with van der Waals surface area (Å²) >= 11 is 7.15. The molecule has 0 N–H and O–H groups in total. The third kappa shape index (κ3) is 4.43. The summed E-state index contributed by atoms with van der Waals surface area (Å²) in [4.78, 5) is 19.0. The molecule has 0 saturated carbocycles. The fourth-order valence-electron chi connectivity index (χ4n) is 3.03. The van der Waals surface area contributed by atoms with E-state index in [1.165, 1.54) is 23.5 Å². The first-order chi connectivity index (χ1) is 13.6. The van der Waals surface area contributed by atoms with Gasteiger partial charge in [0.05, 0.1) is 22.9 Å². The summed E-state index contributed by atoms with van der Waals surface area (Å²) < 4.78 is 25.5. The van der Waals surface area contributed by atoms with Crippen LogP contribution in [-0.4, -0.2) is 36.8 Å². The summed E-state index contributed by atoms with van der Waals surface area (Å²) in [6.07, 6.45) is 1.82. The van der Waals surface area contributed by atoms with Gasteiger partial charge in [0.15, 0.2) is 11.7 Å². The van der Waals surface area contributed by atoms with E-state index in [2.05, 4.69) is 4.98 Å². The fraction of sp³-hybridized carbons (Fsp3) is 0.300. The number of hydrogen-bond donors (Lipinski definition) is 0. The molecule has 0 bridgehead atoms. The zero-order valence-corrected chi connectivity index (χ0v) is 16.5. The van der Waals surface area contributed by atoms with Crippen molar-refractivity contribution in [2.75, 3.05) is 24.7 Å². The number of carbonyl (C=O) groups excluding carboxylic acids is 1. The first-order valence-electron chi connectivity index (χ1n) is 8.95. The highest BCUT2D eigenvalue weighted by Crippen LogP contribution is 2.30. The molecule has 4 rings (SSSR count). The van der Waals surface area contributed by atoms with Crippen LogP contribution in [0.1, 0.15) is 12.8 Å². The van der Waals surface area contributed by atoms with E-state index in [9.17, 15) is 9.18 Å². The van der Waals surface area contributed by atoms with Gasteiger partial charge in [-0.15, -0.1) is 0 Å². The van der Waals surface area contributed by atoms with E-state index in [1.807, 2.05) is 0 Å². The number of hydrogen-bond acceptors (Lipinski definition) is 5. The average molecular weight is 421 g/mol. The Morgan fingerprint density at radius 3 is 2.89 bits per heavy atom. The molecular formula is C20H18ClFN2O3S. The summed E-state index contributed by atoms with van der Waals surface area (Å²) in [6.45, 7) is 0.947. The Morgan fingerprint density at radius 1 is 1.32 bits per heavy atom. The van der Waals surface area contributed by atoms with Gasteiger partial charge < -0.3 is 9.47 Å². The minimum Gasteiger partial charge on any atom is -0.484 e. The second-order valence-electron chi connectivity index (χ2n) is 6.49. The molecule has 1 atom stereocenters. The van der Waals surface area contributed by atoms with Crippen LogP contribution in [0.3, 0.4) is 0 Å². The average Bonchev–Trinajstić information content (AvgIpc) is 3.34. The molecule has 8 heteroatoms. The van der Waals surface area contributed by atoms with Crippen molar-refractivity contribution in [2.24, 2.45) is 0 Å². The highest BCUT2D eigenvalue weighted by atomic mass is 35.5. The van der Waals surface area contributed by atoms with Gasteiger partial charge in [0, 0.05) is 11.6 Å². The fourth-order valence-corrected chi connectivity index (χ4v) is 4.18. The predicted octanol–water partition coefficient (Wildman–Crippen LogP) is 4.68. The molecule has 1 aliphatic rings. The zero-order valence-electron chi connectivity index (χ0n) is 14.9. The minimum absolute atomic E-state index is 0.0387. The summed E-state index contributed by atoms with van der Waals surface area (Å²) in [5.74, 6) is -0.00283. The molecule has 0 aliphatic carbocycles. The highest BCUT2D eigenvalue weighted by Gasteiger charge is 2.26. The van der Waals surface area contributed by atoms with Crippen molar-refractivity contribution in [1.82, 2.24) is 4.98 Å². The van der Waals surface area contributed by atoms with Crippen LogP contribution < -0.4 is 9.64 Å². The molecule has 1 aromatic heterocycles. The van der Waals surface area contributed by atoms with Gasteiger partial charge in [-0.25, -0.2) is 9.37 Å². The number of aromatic nitrogens is 1. The highest BCUT2D eigenvalue weighted by molar-refractivity contribution is 7.22. The van der Waals surface area contributed by atoms with E-state index >= 15 is 0 Å². The number of anilines is 1. The molecule has 0 radical (unpaired) electrons. The Bertz CT molecular complexity index is 973. The first-order valence-corrected chi connectivity index (χ1v) is 10.1. The Labute approximate surface area is 170 Å². The Hall–Kier alpha value is -2.22. The maximum Gasteiger partial charge on any atom is 0.266 e. The Kier molecular flexibility index (Phi) is 5.75. The second kappa shape index (κ2) is 8.43. The van der Waals surface area contributed by atoms with Crippen molar-refractivity contribution in [1.29, 1.82) is 0 Å². The van der Waals surface area contributed by atoms with Crippen LogP contribution >= 0.6 is 22.9 Å². The molecule has 146 valence electrons. The van der Waals surface area contributed by atoms with Gasteiger partial charge in [0.2, 0.25) is 0 Å². The Balaban J connectivity index is 1.54. The maximum atomic E-state index is 13.5. The van der Waals surface area contributed by atoms with Crippen molar-refractivity contribution < 1.29 is 18.7 Å². The number of ether oxygens (including phenoxy) is 2. The van der Waals surface area contributed by atoms with Crippen LogP contribution in [0.5, 0.6) is 5.75 Å². The van der Waals surface area contributed by atoms with Gasteiger partial charge in [-0.05, 0) is 55.3 Å². The van der Waals surface area contributed by atoms with Crippen LogP contribution in [0.25, 0.3) is 10.2 Å². The quantitative estimate of drug-likeness (QED) is 0.581. The molecule has 28 heavy (non-hydrogen) atoms. The van der Waals surface area contributed by atoms with E-state index < -0.39 is 0 Å². The standard InChI is InChI=1S/C20H18ClFN2O3S/c21-13-3-6-15(7-4-13)27-12-19(25)24(11-16-2-1-9-26-16)20-23-17-8-5-14(22)10-18(17)28-20/h3-8,10,16H,1-2,9,11-12H2. The third-order valence-corrected chi connectivity index (χ3v) is 5.75. The number of fused-ring (bicyclic) bond motifs is 1. The number of rotatable bonds is 6. The summed E-state index contributed by atoms with van der Waals surface area (Å²) in [6, 6.07) is 11.2. The van der Waals surface area contributed by atoms with E-state index in [0.717, 1.165) is 12.8 Å². The largest absolute Gasteiger partial charge is 0.484 e. The SMILES string of the molecule is O=C(COc1ccc(Cl)cc1)N(CC1CCCO1)c1nc2ccc(F)cc2s1. The van der Waals surface area contributed by atoms with Crippen LogP contribution in [0.15, 0.2) is 42.5 Å². The molecule has 2 aromatic carbocycles. The van der Waals surface area contributed by atoms with E-state index in [0.29, 0.717) is 39.3 Å². The Morgan fingerprint density at radius 2 is 2.14 bits per heavy atom. The van der Waals surface area contributed by atoms with Crippen LogP contribution in [-0.2, 0) is 9.53 Å². The molecule has 1 aliphatic heterocycles. The van der Waals surface area contributed by atoms with Crippen molar-refractivity contribution in [3.8, 4) is 5.75 Å².